The van der Waals surface area contributed by atoms with E-state index in [2.05, 4.69) is 0 Å². The highest BCUT2D eigenvalue weighted by Crippen LogP contribution is 2.15. The van der Waals surface area contributed by atoms with Crippen LogP contribution in [-0.4, -0.2) is 11.7 Å². The van der Waals surface area contributed by atoms with Crippen molar-refractivity contribution in [1.82, 2.24) is 0 Å². The van der Waals surface area contributed by atoms with E-state index >= 15 is 0 Å². The first-order valence-electron chi connectivity index (χ1n) is 2.70. The first kappa shape index (κ1) is 5.63. The summed E-state index contributed by atoms with van der Waals surface area (Å²) in [5.74, 6) is 0.333. The van der Waals surface area contributed by atoms with Gasteiger partial charge in [0.1, 0.15) is 6.61 Å². The largest absolute Gasteiger partial charge is 0.494 e. The van der Waals surface area contributed by atoms with Gasteiger partial charge in [-0.1, -0.05) is 0 Å². The predicted octanol–water partition coefficient (Wildman–Crippen LogP) is 0.691. The van der Waals surface area contributed by atoms with Crippen LogP contribution in [0.2, 0.25) is 0 Å². The van der Waals surface area contributed by atoms with E-state index in [0.717, 1.165) is 6.42 Å². The summed E-state index contributed by atoms with van der Waals surface area (Å²) in [5, 5.41) is 8.42. The summed E-state index contributed by atoms with van der Waals surface area (Å²) in [7, 11) is 0. The fourth-order valence-corrected chi connectivity index (χ4v) is 0.651. The van der Waals surface area contributed by atoms with Crippen LogP contribution in [-0.2, 0) is 4.74 Å². The first-order chi connectivity index (χ1) is 3.93. The van der Waals surface area contributed by atoms with E-state index in [9.17, 15) is 0 Å². The molecule has 1 rings (SSSR count). The summed E-state index contributed by atoms with van der Waals surface area (Å²) >= 11 is 0. The third kappa shape index (κ3) is 1.23. The Kier molecular flexibility index (Phi) is 1.92. The lowest BCUT2D eigenvalue weighted by Gasteiger charge is -1.99. The fourth-order valence-electron chi connectivity index (χ4n) is 0.651. The molecule has 2 heteroatoms. The van der Waals surface area contributed by atoms with Crippen molar-refractivity contribution in [3.8, 4) is 0 Å². The van der Waals surface area contributed by atoms with Crippen LogP contribution in [0, 0.1) is 12.5 Å². The Morgan fingerprint density at radius 3 is 3.00 bits per heavy atom. The van der Waals surface area contributed by atoms with E-state index in [1.165, 1.54) is 0 Å². The third-order valence-corrected chi connectivity index (χ3v) is 1.12. The highest BCUT2D eigenvalue weighted by molar-refractivity contribution is 4.94. The minimum Gasteiger partial charge on any atom is -0.494 e. The van der Waals surface area contributed by atoms with Gasteiger partial charge in [0.2, 0.25) is 0 Å². The lowest BCUT2D eigenvalue weighted by atomic mass is 10.1. The summed E-state index contributed by atoms with van der Waals surface area (Å²) in [6.07, 6.45) is 4.34. The van der Waals surface area contributed by atoms with E-state index in [-0.39, 0.29) is 6.61 Å². The van der Waals surface area contributed by atoms with Crippen LogP contribution in [0.1, 0.15) is 6.42 Å². The van der Waals surface area contributed by atoms with Gasteiger partial charge in [0.25, 0.3) is 0 Å². The summed E-state index contributed by atoms with van der Waals surface area (Å²) < 4.78 is 4.79. The van der Waals surface area contributed by atoms with Gasteiger partial charge in [-0.25, -0.2) is 0 Å². The molecule has 1 aliphatic rings. The molecule has 0 aromatic rings. The van der Waals surface area contributed by atoms with Crippen LogP contribution in [0.3, 0.4) is 0 Å². The number of hydrogen-bond acceptors (Lipinski definition) is 2. The Balaban J connectivity index is 2.16. The molecule has 0 saturated carbocycles. The van der Waals surface area contributed by atoms with E-state index in [1.807, 2.05) is 6.08 Å². The molecule has 8 heavy (non-hydrogen) atoms. The smallest absolute Gasteiger partial charge is 0.141 e. The first-order valence-corrected chi connectivity index (χ1v) is 2.70. The normalized spacial score (nSPS) is 25.9. The molecule has 1 aliphatic heterocycles. The SMILES string of the molecule is OCCC1[CH]OC=C1. The van der Waals surface area contributed by atoms with Crippen molar-refractivity contribution in [3.63, 3.8) is 0 Å². The Labute approximate surface area is 48.8 Å². The Hall–Kier alpha value is -0.500. The highest BCUT2D eigenvalue weighted by atomic mass is 16.5. The zero-order chi connectivity index (χ0) is 5.82. The zero-order valence-corrected chi connectivity index (χ0v) is 4.58. The average Bonchev–Trinajstić information content (AvgIpc) is 2.19. The molecule has 0 saturated heterocycles. The lowest BCUT2D eigenvalue weighted by Crippen LogP contribution is -1.95. The maximum atomic E-state index is 8.42. The van der Waals surface area contributed by atoms with Crippen molar-refractivity contribution in [2.24, 2.45) is 5.92 Å². The summed E-state index contributed by atoms with van der Waals surface area (Å²) in [6.45, 7) is 1.95. The number of hydrogen-bond donors (Lipinski definition) is 1. The molecule has 1 unspecified atom stereocenters. The molecule has 0 amide bonds. The minimum absolute atomic E-state index is 0.231. The average molecular weight is 113 g/mol. The molecule has 0 bridgehead atoms. The quantitative estimate of drug-likeness (QED) is 0.571. The highest BCUT2D eigenvalue weighted by Gasteiger charge is 2.08. The molecular formula is C6H9O2. The van der Waals surface area contributed by atoms with Gasteiger partial charge in [-0.05, 0) is 12.5 Å². The second-order valence-corrected chi connectivity index (χ2v) is 1.78. The molecule has 2 nitrogen and oxygen atoms in total. The van der Waals surface area contributed by atoms with Crippen molar-refractivity contribution in [1.29, 1.82) is 0 Å². The lowest BCUT2D eigenvalue weighted by molar-refractivity contribution is 0.255. The van der Waals surface area contributed by atoms with E-state index in [1.54, 1.807) is 12.9 Å². The van der Waals surface area contributed by atoms with Crippen LogP contribution in [0.25, 0.3) is 0 Å². The molecule has 1 radical (unpaired) electrons. The molecular weight excluding hydrogens is 104 g/mol. The maximum Gasteiger partial charge on any atom is 0.141 e. The Morgan fingerprint density at radius 1 is 1.62 bits per heavy atom. The van der Waals surface area contributed by atoms with Crippen molar-refractivity contribution in [2.45, 2.75) is 6.42 Å². The number of ether oxygens (including phenoxy) is 1. The monoisotopic (exact) mass is 113 g/mol. The fraction of sp³-hybridized carbons (Fsp3) is 0.500. The van der Waals surface area contributed by atoms with Crippen molar-refractivity contribution >= 4 is 0 Å². The molecule has 1 atom stereocenters. The van der Waals surface area contributed by atoms with Gasteiger partial charge in [0.15, 0.2) is 0 Å². The van der Waals surface area contributed by atoms with Crippen molar-refractivity contribution in [3.05, 3.63) is 18.9 Å². The van der Waals surface area contributed by atoms with Gasteiger partial charge < -0.3 is 9.84 Å². The zero-order valence-electron chi connectivity index (χ0n) is 4.58. The second kappa shape index (κ2) is 2.72. The van der Waals surface area contributed by atoms with Crippen LogP contribution >= 0.6 is 0 Å². The van der Waals surface area contributed by atoms with Crippen LogP contribution in [0.4, 0.5) is 0 Å². The van der Waals surface area contributed by atoms with E-state index < -0.39 is 0 Å². The summed E-state index contributed by atoms with van der Waals surface area (Å²) in [5.41, 5.74) is 0. The number of aliphatic hydroxyl groups excluding tert-OH is 1. The van der Waals surface area contributed by atoms with Gasteiger partial charge in [-0.2, -0.15) is 0 Å². The Bertz CT molecular complexity index is 88.5. The molecule has 1 heterocycles. The number of aliphatic hydroxyl groups is 1. The molecule has 45 valence electrons. The van der Waals surface area contributed by atoms with Crippen LogP contribution in [0.15, 0.2) is 12.3 Å². The molecule has 0 aromatic heterocycles. The molecule has 0 spiro atoms. The van der Waals surface area contributed by atoms with Crippen LogP contribution < -0.4 is 0 Å². The third-order valence-electron chi connectivity index (χ3n) is 1.12. The van der Waals surface area contributed by atoms with Gasteiger partial charge >= 0.3 is 0 Å². The van der Waals surface area contributed by atoms with Gasteiger partial charge in [0, 0.05) is 12.5 Å². The van der Waals surface area contributed by atoms with Crippen LogP contribution in [0.5, 0.6) is 0 Å². The van der Waals surface area contributed by atoms with Gasteiger partial charge in [-0.3, -0.25) is 0 Å². The topological polar surface area (TPSA) is 29.5 Å². The Morgan fingerprint density at radius 2 is 2.50 bits per heavy atom. The molecule has 0 aromatic carbocycles. The van der Waals surface area contributed by atoms with Gasteiger partial charge in [-0.15, -0.1) is 0 Å². The summed E-state index contributed by atoms with van der Waals surface area (Å²) in [4.78, 5) is 0. The molecule has 0 aliphatic carbocycles. The molecule has 1 N–H and O–H groups in total. The standard InChI is InChI=1S/C6H9O2/c7-3-1-6-2-4-8-5-6/h2,4-7H,1,3H2. The van der Waals surface area contributed by atoms with E-state index in [0.29, 0.717) is 5.92 Å². The number of rotatable bonds is 2. The van der Waals surface area contributed by atoms with Gasteiger partial charge in [0.05, 0.1) is 6.26 Å². The van der Waals surface area contributed by atoms with Crippen molar-refractivity contribution in [2.75, 3.05) is 6.61 Å². The maximum absolute atomic E-state index is 8.42. The van der Waals surface area contributed by atoms with Crippen molar-refractivity contribution < 1.29 is 9.84 Å². The predicted molar refractivity (Wildman–Crippen MR) is 29.7 cm³/mol. The van der Waals surface area contributed by atoms with E-state index in [4.69, 9.17) is 9.84 Å². The summed E-state index contributed by atoms with van der Waals surface area (Å²) in [6, 6.07) is 0. The molecule has 0 fully saturated rings. The second-order valence-electron chi connectivity index (χ2n) is 1.78. The minimum atomic E-state index is 0.231.